The van der Waals surface area contributed by atoms with Gasteiger partial charge >= 0.3 is 0 Å². The molecule has 0 spiro atoms. The summed E-state index contributed by atoms with van der Waals surface area (Å²) < 4.78 is 0. The van der Waals surface area contributed by atoms with Crippen LogP contribution in [0.5, 0.6) is 0 Å². The predicted molar refractivity (Wildman–Crippen MR) is 197 cm³/mol. The number of nitrogens with zero attached hydrogens (tertiary/aromatic N) is 3. The molecule has 1 heterocycles. The molecule has 0 fully saturated rings. The van der Waals surface area contributed by atoms with Gasteiger partial charge in [-0.3, -0.25) is 0 Å². The van der Waals surface area contributed by atoms with Crippen LogP contribution in [0.15, 0.2) is 140 Å². The van der Waals surface area contributed by atoms with E-state index in [1.807, 2.05) is 18.2 Å². The molecular formula is C45H35N3. The first-order valence-corrected chi connectivity index (χ1v) is 16.7. The third-order valence-corrected chi connectivity index (χ3v) is 10.6. The SMILES string of the molecule is CC1(C)c2ccccc2-c2cc(-c3cccc(-c4nc(-c5ccccc5)nc(-c5cccc6c5-c5ccccc5C6(C)C)n4)c3)ccc21. The Balaban J connectivity index is 1.21. The molecule has 0 saturated carbocycles. The quantitative estimate of drug-likeness (QED) is 0.197. The monoisotopic (exact) mass is 617 g/mol. The number of aromatic nitrogens is 3. The molecule has 0 aliphatic heterocycles. The van der Waals surface area contributed by atoms with E-state index in [0.717, 1.165) is 22.3 Å². The number of benzene rings is 6. The summed E-state index contributed by atoms with van der Waals surface area (Å²) in [5.74, 6) is 2.02. The van der Waals surface area contributed by atoms with Gasteiger partial charge in [0.05, 0.1) is 0 Å². The maximum absolute atomic E-state index is 5.22. The van der Waals surface area contributed by atoms with Gasteiger partial charge in [-0.25, -0.2) is 15.0 Å². The molecule has 230 valence electrons. The van der Waals surface area contributed by atoms with Crippen molar-refractivity contribution in [2.45, 2.75) is 38.5 Å². The molecule has 3 heteroatoms. The zero-order chi connectivity index (χ0) is 32.6. The standard InChI is InChI=1S/C45H35N3/c1-44(2)36-21-10-8-18-32(36)35-27-30(24-25-38(35)44)29-16-12-17-31(26-29)42-46-41(28-14-6-5-7-15-28)47-43(48-42)34-20-13-23-39-40(34)33-19-9-11-22-37(33)45(39,3)4/h5-27H,1-4H3. The second-order valence-corrected chi connectivity index (χ2v) is 14.1. The van der Waals surface area contributed by atoms with Gasteiger partial charge in [0.2, 0.25) is 0 Å². The summed E-state index contributed by atoms with van der Waals surface area (Å²) in [6.07, 6.45) is 0. The summed E-state index contributed by atoms with van der Waals surface area (Å²) in [6.45, 7) is 9.25. The molecule has 0 bridgehead atoms. The van der Waals surface area contributed by atoms with Crippen molar-refractivity contribution in [1.82, 2.24) is 15.0 Å². The first kappa shape index (κ1) is 28.5. The Bertz CT molecular complexity index is 2400. The molecule has 6 aromatic carbocycles. The van der Waals surface area contributed by atoms with Gasteiger partial charge in [-0.05, 0) is 67.8 Å². The lowest BCUT2D eigenvalue weighted by molar-refractivity contribution is 0.660. The largest absolute Gasteiger partial charge is 0.208 e. The van der Waals surface area contributed by atoms with E-state index in [4.69, 9.17) is 15.0 Å². The molecular weight excluding hydrogens is 583 g/mol. The molecule has 0 N–H and O–H groups in total. The Morgan fingerprint density at radius 3 is 1.62 bits per heavy atom. The zero-order valence-electron chi connectivity index (χ0n) is 27.6. The number of rotatable bonds is 4. The van der Waals surface area contributed by atoms with Crippen LogP contribution in [0, 0.1) is 0 Å². The van der Waals surface area contributed by atoms with Gasteiger partial charge < -0.3 is 0 Å². The fraction of sp³-hybridized carbons (Fsp3) is 0.133. The maximum Gasteiger partial charge on any atom is 0.164 e. The highest BCUT2D eigenvalue weighted by Crippen LogP contribution is 2.52. The van der Waals surface area contributed by atoms with E-state index in [2.05, 4.69) is 149 Å². The number of hydrogen-bond acceptors (Lipinski definition) is 3. The zero-order valence-corrected chi connectivity index (χ0v) is 27.6. The van der Waals surface area contributed by atoms with Crippen molar-refractivity contribution in [2.24, 2.45) is 0 Å². The van der Waals surface area contributed by atoms with E-state index in [9.17, 15) is 0 Å². The van der Waals surface area contributed by atoms with Crippen molar-refractivity contribution in [2.75, 3.05) is 0 Å². The van der Waals surface area contributed by atoms with Crippen molar-refractivity contribution < 1.29 is 0 Å². The summed E-state index contributed by atoms with van der Waals surface area (Å²) in [7, 11) is 0. The molecule has 7 aromatic rings. The lowest BCUT2D eigenvalue weighted by atomic mass is 9.82. The summed E-state index contributed by atoms with van der Waals surface area (Å²) >= 11 is 0. The molecule has 2 aliphatic carbocycles. The third kappa shape index (κ3) is 4.24. The molecule has 0 amide bonds. The molecule has 0 saturated heterocycles. The van der Waals surface area contributed by atoms with Gasteiger partial charge in [-0.1, -0.05) is 155 Å². The normalized spacial score (nSPS) is 14.6. The van der Waals surface area contributed by atoms with E-state index in [1.165, 1.54) is 50.1 Å². The number of fused-ring (bicyclic) bond motifs is 6. The molecule has 3 nitrogen and oxygen atoms in total. The fourth-order valence-electron chi connectivity index (χ4n) is 8.02. The van der Waals surface area contributed by atoms with E-state index < -0.39 is 0 Å². The molecule has 2 aliphatic rings. The Hall–Kier alpha value is -5.67. The van der Waals surface area contributed by atoms with E-state index in [1.54, 1.807) is 0 Å². The molecule has 9 rings (SSSR count). The van der Waals surface area contributed by atoms with Crippen LogP contribution in [0.2, 0.25) is 0 Å². The topological polar surface area (TPSA) is 38.7 Å². The van der Waals surface area contributed by atoms with Crippen molar-refractivity contribution in [3.63, 3.8) is 0 Å². The smallest absolute Gasteiger partial charge is 0.164 e. The van der Waals surface area contributed by atoms with Crippen LogP contribution in [0.3, 0.4) is 0 Å². The lowest BCUT2D eigenvalue weighted by Crippen LogP contribution is -2.14. The minimum Gasteiger partial charge on any atom is -0.208 e. The van der Waals surface area contributed by atoms with Gasteiger partial charge in [0.25, 0.3) is 0 Å². The van der Waals surface area contributed by atoms with Crippen molar-refractivity contribution in [3.8, 4) is 67.5 Å². The second kappa shape index (κ2) is 10.4. The molecule has 48 heavy (non-hydrogen) atoms. The van der Waals surface area contributed by atoms with Gasteiger partial charge in [0, 0.05) is 27.5 Å². The van der Waals surface area contributed by atoms with Crippen molar-refractivity contribution in [1.29, 1.82) is 0 Å². The van der Waals surface area contributed by atoms with Crippen LogP contribution in [-0.4, -0.2) is 15.0 Å². The summed E-state index contributed by atoms with van der Waals surface area (Å²) in [5, 5.41) is 0. The van der Waals surface area contributed by atoms with Crippen molar-refractivity contribution >= 4 is 0 Å². The van der Waals surface area contributed by atoms with Crippen molar-refractivity contribution in [3.05, 3.63) is 162 Å². The third-order valence-electron chi connectivity index (χ3n) is 10.6. The Morgan fingerprint density at radius 1 is 0.333 bits per heavy atom. The highest BCUT2D eigenvalue weighted by atomic mass is 15.0. The van der Waals surface area contributed by atoms with Crippen LogP contribution >= 0.6 is 0 Å². The Morgan fingerprint density at radius 2 is 0.833 bits per heavy atom. The molecule has 0 radical (unpaired) electrons. The molecule has 0 unspecified atom stereocenters. The maximum atomic E-state index is 5.22. The average molecular weight is 618 g/mol. The predicted octanol–water partition coefficient (Wildman–Crippen LogP) is 11.2. The summed E-state index contributed by atoms with van der Waals surface area (Å²) in [6, 6.07) is 49.8. The lowest BCUT2D eigenvalue weighted by Gasteiger charge is -2.21. The van der Waals surface area contributed by atoms with Crippen LogP contribution in [0.1, 0.15) is 49.9 Å². The van der Waals surface area contributed by atoms with Crippen LogP contribution in [0.4, 0.5) is 0 Å². The van der Waals surface area contributed by atoms with Gasteiger partial charge in [-0.2, -0.15) is 0 Å². The summed E-state index contributed by atoms with van der Waals surface area (Å²) in [4.78, 5) is 15.4. The molecule has 0 atom stereocenters. The fourth-order valence-corrected chi connectivity index (χ4v) is 8.02. The highest BCUT2D eigenvalue weighted by molar-refractivity contribution is 5.91. The molecule has 1 aromatic heterocycles. The van der Waals surface area contributed by atoms with E-state index >= 15 is 0 Å². The Kier molecular flexibility index (Phi) is 6.20. The second-order valence-electron chi connectivity index (χ2n) is 14.1. The van der Waals surface area contributed by atoms with Gasteiger partial charge in [-0.15, -0.1) is 0 Å². The van der Waals surface area contributed by atoms with Crippen LogP contribution < -0.4 is 0 Å². The van der Waals surface area contributed by atoms with Gasteiger partial charge in [0.15, 0.2) is 17.5 Å². The number of hydrogen-bond donors (Lipinski definition) is 0. The van der Waals surface area contributed by atoms with E-state index in [0.29, 0.717) is 17.5 Å². The minimum absolute atomic E-state index is 0.0191. The Labute approximate surface area is 282 Å². The first-order chi connectivity index (χ1) is 23.3. The first-order valence-electron chi connectivity index (χ1n) is 16.7. The van der Waals surface area contributed by atoms with E-state index in [-0.39, 0.29) is 10.8 Å². The summed E-state index contributed by atoms with van der Waals surface area (Å²) in [5.41, 5.74) is 15.6. The van der Waals surface area contributed by atoms with Gasteiger partial charge in [0.1, 0.15) is 0 Å². The average Bonchev–Trinajstić information content (AvgIpc) is 3.51. The highest BCUT2D eigenvalue weighted by Gasteiger charge is 2.37. The van der Waals surface area contributed by atoms with Crippen LogP contribution in [0.25, 0.3) is 67.5 Å². The minimum atomic E-state index is -0.111. The van der Waals surface area contributed by atoms with Crippen LogP contribution in [-0.2, 0) is 10.8 Å².